The lowest BCUT2D eigenvalue weighted by Crippen LogP contribution is -2.09. The van der Waals surface area contributed by atoms with Gasteiger partial charge in [0.05, 0.1) is 10.0 Å². The highest BCUT2D eigenvalue weighted by molar-refractivity contribution is 6.42. The molecule has 0 aliphatic heterocycles. The van der Waals surface area contributed by atoms with Crippen molar-refractivity contribution in [3.05, 3.63) is 33.8 Å². The van der Waals surface area contributed by atoms with Gasteiger partial charge in [-0.15, -0.1) is 0 Å². The van der Waals surface area contributed by atoms with Crippen LogP contribution in [0.25, 0.3) is 0 Å². The summed E-state index contributed by atoms with van der Waals surface area (Å²) < 4.78 is 0. The van der Waals surface area contributed by atoms with E-state index in [0.717, 1.165) is 17.7 Å². The lowest BCUT2D eigenvalue weighted by molar-refractivity contribution is 1.04. The van der Waals surface area contributed by atoms with E-state index in [2.05, 4.69) is 4.99 Å². The molecule has 0 saturated carbocycles. The zero-order valence-corrected chi connectivity index (χ0v) is 9.44. The van der Waals surface area contributed by atoms with Crippen LogP contribution >= 0.6 is 23.2 Å². The highest BCUT2D eigenvalue weighted by atomic mass is 35.5. The first kappa shape index (κ1) is 11.5. The monoisotopic (exact) mass is 230 g/mol. The smallest absolute Gasteiger partial charge is 0.0598 e. The Balaban J connectivity index is 3.00. The van der Waals surface area contributed by atoms with Gasteiger partial charge in [0.25, 0.3) is 0 Å². The third-order valence-electron chi connectivity index (χ3n) is 1.90. The zero-order chi connectivity index (χ0) is 10.6. The second-order valence-electron chi connectivity index (χ2n) is 2.84. The maximum atomic E-state index is 5.90. The van der Waals surface area contributed by atoms with Gasteiger partial charge in [0.2, 0.25) is 0 Å². The highest BCUT2D eigenvalue weighted by Gasteiger charge is 2.04. The summed E-state index contributed by atoms with van der Waals surface area (Å²) >= 11 is 11.7. The highest BCUT2D eigenvalue weighted by Crippen LogP contribution is 2.23. The van der Waals surface area contributed by atoms with Crippen LogP contribution in [0.3, 0.4) is 0 Å². The Bertz CT molecular complexity index is 348. The number of hydrogen-bond donors (Lipinski definition) is 1. The molecule has 0 aliphatic carbocycles. The van der Waals surface area contributed by atoms with Gasteiger partial charge in [-0.1, -0.05) is 29.3 Å². The number of nitrogens with two attached hydrogens (primary N) is 1. The van der Waals surface area contributed by atoms with Crippen molar-refractivity contribution in [2.24, 2.45) is 10.7 Å². The average Bonchev–Trinajstić information content (AvgIpc) is 2.19. The van der Waals surface area contributed by atoms with Gasteiger partial charge in [-0.2, -0.15) is 0 Å². The molecule has 0 heterocycles. The van der Waals surface area contributed by atoms with Gasteiger partial charge in [0.15, 0.2) is 0 Å². The largest absolute Gasteiger partial charge is 0.330 e. The Morgan fingerprint density at radius 2 is 2.07 bits per heavy atom. The van der Waals surface area contributed by atoms with E-state index in [1.54, 1.807) is 13.1 Å². The Kier molecular flexibility index (Phi) is 4.39. The minimum absolute atomic E-state index is 0.544. The van der Waals surface area contributed by atoms with E-state index in [1.807, 2.05) is 12.1 Å². The van der Waals surface area contributed by atoms with E-state index < -0.39 is 0 Å². The fourth-order valence-corrected chi connectivity index (χ4v) is 1.50. The molecule has 0 bridgehead atoms. The van der Waals surface area contributed by atoms with Crippen molar-refractivity contribution in [1.82, 2.24) is 0 Å². The number of nitrogens with zero attached hydrogens (tertiary/aromatic N) is 1. The Morgan fingerprint density at radius 3 is 2.57 bits per heavy atom. The molecule has 0 fully saturated rings. The maximum absolute atomic E-state index is 5.90. The van der Waals surface area contributed by atoms with Gasteiger partial charge in [-0.3, -0.25) is 4.99 Å². The maximum Gasteiger partial charge on any atom is 0.0598 e. The second kappa shape index (κ2) is 5.35. The molecule has 0 saturated heterocycles. The lowest BCUT2D eigenvalue weighted by atomic mass is 10.1. The minimum atomic E-state index is 0.544. The zero-order valence-electron chi connectivity index (χ0n) is 7.93. The molecule has 0 atom stereocenters. The molecule has 0 radical (unpaired) electrons. The van der Waals surface area contributed by atoms with Crippen LogP contribution in [0.2, 0.25) is 10.0 Å². The van der Waals surface area contributed by atoms with Gasteiger partial charge < -0.3 is 5.73 Å². The van der Waals surface area contributed by atoms with Crippen LogP contribution in [-0.2, 0) is 0 Å². The standard InChI is InChI=1S/C10H12Cl2N2/c1-14-10(4-5-13)7-2-3-8(11)9(12)6-7/h2-3,6H,4-5,13H2,1H3. The molecule has 0 unspecified atom stereocenters. The van der Waals surface area contributed by atoms with Crippen LogP contribution in [0.1, 0.15) is 12.0 Å². The van der Waals surface area contributed by atoms with E-state index in [-0.39, 0.29) is 0 Å². The molecule has 2 N–H and O–H groups in total. The molecule has 1 rings (SSSR count). The molecule has 0 amide bonds. The van der Waals surface area contributed by atoms with Crippen LogP contribution in [0.4, 0.5) is 0 Å². The second-order valence-corrected chi connectivity index (χ2v) is 3.65. The molecule has 14 heavy (non-hydrogen) atoms. The van der Waals surface area contributed by atoms with E-state index in [0.29, 0.717) is 16.6 Å². The molecule has 2 nitrogen and oxygen atoms in total. The SMILES string of the molecule is CN=C(CCN)c1ccc(Cl)c(Cl)c1. The summed E-state index contributed by atoms with van der Waals surface area (Å²) in [5.41, 5.74) is 7.40. The molecule has 1 aromatic carbocycles. The van der Waals surface area contributed by atoms with Gasteiger partial charge in [0, 0.05) is 19.2 Å². The van der Waals surface area contributed by atoms with Crippen molar-refractivity contribution < 1.29 is 0 Å². The third-order valence-corrected chi connectivity index (χ3v) is 2.64. The fourth-order valence-electron chi connectivity index (χ4n) is 1.20. The number of rotatable bonds is 3. The van der Waals surface area contributed by atoms with Crippen LogP contribution in [-0.4, -0.2) is 19.3 Å². The first-order valence-corrected chi connectivity index (χ1v) is 5.05. The Hall–Kier alpha value is -0.570. The summed E-state index contributed by atoms with van der Waals surface area (Å²) in [7, 11) is 1.74. The van der Waals surface area contributed by atoms with Crippen molar-refractivity contribution in [3.8, 4) is 0 Å². The van der Waals surface area contributed by atoms with E-state index in [9.17, 15) is 0 Å². The van der Waals surface area contributed by atoms with Gasteiger partial charge in [-0.05, 0) is 24.2 Å². The molecular weight excluding hydrogens is 219 g/mol. The van der Waals surface area contributed by atoms with E-state index in [4.69, 9.17) is 28.9 Å². The van der Waals surface area contributed by atoms with Crippen LogP contribution in [0, 0.1) is 0 Å². The van der Waals surface area contributed by atoms with Crippen LogP contribution in [0.5, 0.6) is 0 Å². The Morgan fingerprint density at radius 1 is 1.36 bits per heavy atom. The van der Waals surface area contributed by atoms with Crippen molar-refractivity contribution in [2.45, 2.75) is 6.42 Å². The summed E-state index contributed by atoms with van der Waals surface area (Å²) in [6.07, 6.45) is 0.745. The number of aliphatic imine (C=N–C) groups is 1. The number of benzene rings is 1. The fraction of sp³-hybridized carbons (Fsp3) is 0.300. The third kappa shape index (κ3) is 2.71. The molecule has 0 aromatic heterocycles. The van der Waals surface area contributed by atoms with E-state index in [1.165, 1.54) is 0 Å². The predicted molar refractivity (Wildman–Crippen MR) is 62.6 cm³/mol. The molecule has 0 aliphatic rings. The molecule has 0 spiro atoms. The van der Waals surface area contributed by atoms with Crippen molar-refractivity contribution in [3.63, 3.8) is 0 Å². The normalized spacial score (nSPS) is 11.9. The average molecular weight is 231 g/mol. The van der Waals surface area contributed by atoms with Crippen molar-refractivity contribution >= 4 is 28.9 Å². The number of hydrogen-bond acceptors (Lipinski definition) is 2. The van der Waals surface area contributed by atoms with Gasteiger partial charge in [0.1, 0.15) is 0 Å². The predicted octanol–water partition coefficient (Wildman–Crippen LogP) is 2.76. The molecule has 76 valence electrons. The summed E-state index contributed by atoms with van der Waals surface area (Å²) in [6.45, 7) is 0.576. The molecule has 4 heteroatoms. The van der Waals surface area contributed by atoms with Crippen LogP contribution in [0.15, 0.2) is 23.2 Å². The summed E-state index contributed by atoms with van der Waals surface area (Å²) in [5, 5.41) is 1.10. The van der Waals surface area contributed by atoms with Crippen molar-refractivity contribution in [2.75, 3.05) is 13.6 Å². The minimum Gasteiger partial charge on any atom is -0.330 e. The number of halogens is 2. The quantitative estimate of drug-likeness (QED) is 0.798. The first-order valence-electron chi connectivity index (χ1n) is 4.30. The van der Waals surface area contributed by atoms with Gasteiger partial charge >= 0.3 is 0 Å². The van der Waals surface area contributed by atoms with E-state index >= 15 is 0 Å². The summed E-state index contributed by atoms with van der Waals surface area (Å²) in [6, 6.07) is 5.47. The summed E-state index contributed by atoms with van der Waals surface area (Å²) in [5.74, 6) is 0. The van der Waals surface area contributed by atoms with Gasteiger partial charge in [-0.25, -0.2) is 0 Å². The Labute approximate surface area is 93.7 Å². The van der Waals surface area contributed by atoms with Crippen molar-refractivity contribution in [1.29, 1.82) is 0 Å². The molecule has 1 aromatic rings. The van der Waals surface area contributed by atoms with Crippen LogP contribution < -0.4 is 5.73 Å². The first-order chi connectivity index (χ1) is 6.69. The summed E-state index contributed by atoms with van der Waals surface area (Å²) in [4.78, 5) is 4.15. The molecular formula is C10H12Cl2N2. The topological polar surface area (TPSA) is 38.4 Å². The lowest BCUT2D eigenvalue weighted by Gasteiger charge is -2.05.